The van der Waals surface area contributed by atoms with Gasteiger partial charge in [0, 0.05) is 42.3 Å². The van der Waals surface area contributed by atoms with Gasteiger partial charge in [-0.2, -0.15) is 0 Å². The zero-order chi connectivity index (χ0) is 16.5. The molecule has 0 spiro atoms. The first-order valence-corrected chi connectivity index (χ1v) is 8.64. The molecule has 1 fully saturated rings. The first-order chi connectivity index (χ1) is 10.2. The summed E-state index contributed by atoms with van der Waals surface area (Å²) in [6.45, 7) is 9.88. The van der Waals surface area contributed by atoms with Crippen molar-refractivity contribution in [2.45, 2.75) is 46.6 Å². The Morgan fingerprint density at radius 2 is 2.14 bits per heavy atom. The summed E-state index contributed by atoms with van der Waals surface area (Å²) < 4.78 is 1.00. The van der Waals surface area contributed by atoms with E-state index < -0.39 is 0 Å². The predicted octanol–water partition coefficient (Wildman–Crippen LogP) is 3.63. The second-order valence-corrected chi connectivity index (χ2v) is 8.12. The summed E-state index contributed by atoms with van der Waals surface area (Å²) in [7, 11) is 1.93. The van der Waals surface area contributed by atoms with Crippen molar-refractivity contribution in [2.75, 3.05) is 25.0 Å². The highest BCUT2D eigenvalue weighted by molar-refractivity contribution is 9.10. The quantitative estimate of drug-likeness (QED) is 0.800. The van der Waals surface area contributed by atoms with Crippen LogP contribution >= 0.6 is 15.9 Å². The number of hydrogen-bond acceptors (Lipinski definition) is 3. The molecule has 1 aliphatic rings. The van der Waals surface area contributed by atoms with E-state index in [0.717, 1.165) is 36.2 Å². The highest BCUT2D eigenvalue weighted by atomic mass is 79.9. The van der Waals surface area contributed by atoms with Gasteiger partial charge in [-0.1, -0.05) is 20.8 Å². The van der Waals surface area contributed by atoms with Gasteiger partial charge in [0.05, 0.1) is 0 Å². The van der Waals surface area contributed by atoms with Crippen LogP contribution in [0, 0.1) is 12.3 Å². The highest BCUT2D eigenvalue weighted by Crippen LogP contribution is 2.27. The number of piperidine rings is 1. The number of rotatable bonds is 2. The number of carbonyl (C=O) groups is 1. The fourth-order valence-electron chi connectivity index (χ4n) is 3.02. The SMILES string of the molecule is Cc1cc(Br)cnc1N1CCCC(N(C)C(=O)C(C)(C)C)C1. The molecule has 1 saturated heterocycles. The van der Waals surface area contributed by atoms with Crippen LogP contribution < -0.4 is 4.90 Å². The summed E-state index contributed by atoms with van der Waals surface area (Å²) >= 11 is 3.46. The van der Waals surface area contributed by atoms with Gasteiger partial charge >= 0.3 is 0 Å². The van der Waals surface area contributed by atoms with Crippen LogP contribution in [0.1, 0.15) is 39.2 Å². The van der Waals surface area contributed by atoms with Gasteiger partial charge in [0.15, 0.2) is 0 Å². The largest absolute Gasteiger partial charge is 0.354 e. The molecule has 0 saturated carbocycles. The van der Waals surface area contributed by atoms with Crippen molar-refractivity contribution < 1.29 is 4.79 Å². The van der Waals surface area contributed by atoms with E-state index in [9.17, 15) is 4.79 Å². The number of pyridine rings is 1. The van der Waals surface area contributed by atoms with E-state index in [4.69, 9.17) is 0 Å². The van der Waals surface area contributed by atoms with Crippen LogP contribution in [-0.2, 0) is 4.79 Å². The average molecular weight is 368 g/mol. The number of nitrogens with zero attached hydrogens (tertiary/aromatic N) is 3. The second-order valence-electron chi connectivity index (χ2n) is 7.20. The van der Waals surface area contributed by atoms with Crippen molar-refractivity contribution in [1.29, 1.82) is 0 Å². The van der Waals surface area contributed by atoms with E-state index in [1.165, 1.54) is 5.56 Å². The monoisotopic (exact) mass is 367 g/mol. The van der Waals surface area contributed by atoms with Gasteiger partial charge in [-0.25, -0.2) is 4.98 Å². The first-order valence-electron chi connectivity index (χ1n) is 7.84. The number of hydrogen-bond donors (Lipinski definition) is 0. The molecule has 4 nitrogen and oxygen atoms in total. The summed E-state index contributed by atoms with van der Waals surface area (Å²) in [6.07, 6.45) is 3.99. The molecule has 0 aliphatic carbocycles. The highest BCUT2D eigenvalue weighted by Gasteiger charge is 2.32. The van der Waals surface area contributed by atoms with Crippen molar-refractivity contribution in [2.24, 2.45) is 5.41 Å². The van der Waals surface area contributed by atoms with Gasteiger partial charge in [-0.05, 0) is 47.3 Å². The van der Waals surface area contributed by atoms with Gasteiger partial charge in [0.1, 0.15) is 5.82 Å². The van der Waals surface area contributed by atoms with Crippen molar-refractivity contribution in [3.05, 3.63) is 22.3 Å². The van der Waals surface area contributed by atoms with Crippen molar-refractivity contribution in [1.82, 2.24) is 9.88 Å². The van der Waals surface area contributed by atoms with E-state index in [1.807, 2.05) is 38.9 Å². The lowest BCUT2D eigenvalue weighted by atomic mass is 9.93. The molecule has 122 valence electrons. The van der Waals surface area contributed by atoms with Crippen molar-refractivity contribution >= 4 is 27.7 Å². The summed E-state index contributed by atoms with van der Waals surface area (Å²) in [5.41, 5.74) is 0.836. The predicted molar refractivity (Wildman–Crippen MR) is 94.1 cm³/mol. The normalized spacial score (nSPS) is 19.2. The van der Waals surface area contributed by atoms with Gasteiger partial charge in [-0.3, -0.25) is 4.79 Å². The zero-order valence-electron chi connectivity index (χ0n) is 14.2. The Kier molecular flexibility index (Phi) is 5.15. The first kappa shape index (κ1) is 17.3. The molecule has 0 aromatic carbocycles. The topological polar surface area (TPSA) is 36.4 Å². The third-order valence-corrected chi connectivity index (χ3v) is 4.66. The summed E-state index contributed by atoms with van der Waals surface area (Å²) in [5, 5.41) is 0. The lowest BCUT2D eigenvalue weighted by Gasteiger charge is -2.40. The average Bonchev–Trinajstić information content (AvgIpc) is 2.45. The molecule has 0 radical (unpaired) electrons. The van der Waals surface area contributed by atoms with E-state index in [0.29, 0.717) is 0 Å². The van der Waals surface area contributed by atoms with Gasteiger partial charge in [0.2, 0.25) is 5.91 Å². The van der Waals surface area contributed by atoms with Crippen molar-refractivity contribution in [3.63, 3.8) is 0 Å². The van der Waals surface area contributed by atoms with Crippen molar-refractivity contribution in [3.8, 4) is 0 Å². The van der Waals surface area contributed by atoms with Crippen LogP contribution in [-0.4, -0.2) is 42.0 Å². The van der Waals surface area contributed by atoms with E-state index in [2.05, 4.69) is 38.8 Å². The summed E-state index contributed by atoms with van der Waals surface area (Å²) in [4.78, 5) is 21.3. The molecule has 1 aromatic rings. The molecular formula is C17H26BrN3O. The maximum atomic E-state index is 12.5. The Bertz CT molecular complexity index is 553. The minimum absolute atomic E-state index is 0.208. The molecular weight excluding hydrogens is 342 g/mol. The number of carbonyl (C=O) groups excluding carboxylic acids is 1. The molecule has 0 bridgehead atoms. The zero-order valence-corrected chi connectivity index (χ0v) is 15.8. The fourth-order valence-corrected chi connectivity index (χ4v) is 3.47. The maximum Gasteiger partial charge on any atom is 0.227 e. The third-order valence-electron chi connectivity index (χ3n) is 4.22. The van der Waals surface area contributed by atoms with Gasteiger partial charge < -0.3 is 9.80 Å². The smallest absolute Gasteiger partial charge is 0.227 e. The Morgan fingerprint density at radius 1 is 1.45 bits per heavy atom. The Labute approximate surface area is 142 Å². The fraction of sp³-hybridized carbons (Fsp3) is 0.647. The van der Waals surface area contributed by atoms with Crippen LogP contribution in [0.3, 0.4) is 0 Å². The van der Waals surface area contributed by atoms with Crippen LogP contribution in [0.4, 0.5) is 5.82 Å². The minimum Gasteiger partial charge on any atom is -0.354 e. The van der Waals surface area contributed by atoms with Crippen LogP contribution in [0.25, 0.3) is 0 Å². The molecule has 1 unspecified atom stereocenters. The number of aromatic nitrogens is 1. The number of anilines is 1. The number of aryl methyl sites for hydroxylation is 1. The lowest BCUT2D eigenvalue weighted by molar-refractivity contribution is -0.140. The van der Waals surface area contributed by atoms with Crippen LogP contribution in [0.2, 0.25) is 0 Å². The molecule has 0 N–H and O–H groups in total. The summed E-state index contributed by atoms with van der Waals surface area (Å²) in [5.74, 6) is 1.24. The van der Waals surface area contributed by atoms with Crippen LogP contribution in [0.15, 0.2) is 16.7 Å². The maximum absolute atomic E-state index is 12.5. The summed E-state index contributed by atoms with van der Waals surface area (Å²) in [6, 6.07) is 2.35. The second kappa shape index (κ2) is 6.57. The van der Waals surface area contributed by atoms with Gasteiger partial charge in [0.25, 0.3) is 0 Å². The molecule has 2 heterocycles. The van der Waals surface area contributed by atoms with E-state index >= 15 is 0 Å². The molecule has 1 aromatic heterocycles. The molecule has 5 heteroatoms. The molecule has 2 rings (SSSR count). The third kappa shape index (κ3) is 3.80. The lowest BCUT2D eigenvalue weighted by Crippen LogP contribution is -2.51. The number of halogens is 1. The number of likely N-dealkylation sites (N-methyl/N-ethyl adjacent to an activating group) is 1. The Balaban J connectivity index is 2.13. The Morgan fingerprint density at radius 3 is 2.73 bits per heavy atom. The molecule has 1 amide bonds. The minimum atomic E-state index is -0.331. The molecule has 1 aliphatic heterocycles. The Hall–Kier alpha value is -1.10. The number of amides is 1. The van der Waals surface area contributed by atoms with Crippen LogP contribution in [0.5, 0.6) is 0 Å². The van der Waals surface area contributed by atoms with Gasteiger partial charge in [-0.15, -0.1) is 0 Å². The molecule has 22 heavy (non-hydrogen) atoms. The van der Waals surface area contributed by atoms with E-state index in [1.54, 1.807) is 0 Å². The van der Waals surface area contributed by atoms with E-state index in [-0.39, 0.29) is 17.4 Å². The standard InChI is InChI=1S/C17H26BrN3O/c1-12-9-13(18)10-19-15(12)21-8-6-7-14(11-21)20(5)16(22)17(2,3)4/h9-10,14H,6-8,11H2,1-5H3. The molecule has 1 atom stereocenters.